The Morgan fingerprint density at radius 2 is 1.95 bits per heavy atom. The summed E-state index contributed by atoms with van der Waals surface area (Å²) in [6, 6.07) is 4.17. The molecule has 0 aliphatic carbocycles. The second-order valence-corrected chi connectivity index (χ2v) is 4.26. The summed E-state index contributed by atoms with van der Waals surface area (Å²) in [4.78, 5) is 12.5. The fourth-order valence-corrected chi connectivity index (χ4v) is 1.94. The Bertz CT molecular complexity index is 459. The number of carbonyl (C=O) groups is 1. The maximum Gasteiger partial charge on any atom is 0.416 e. The number of nitrogens with two attached hydrogens (primary N) is 1. The van der Waals surface area contributed by atoms with Crippen LogP contribution >= 0.6 is 0 Å². The Hall–Kier alpha value is -1.76. The Morgan fingerprint density at radius 3 is 2.47 bits per heavy atom. The number of morpholine rings is 1. The van der Waals surface area contributed by atoms with Crippen LogP contribution in [0.5, 0.6) is 0 Å². The fraction of sp³-hybridized carbons (Fsp3) is 0.417. The molecule has 19 heavy (non-hydrogen) atoms. The molecule has 104 valence electrons. The Kier molecular flexibility index (Phi) is 3.66. The normalized spacial score (nSPS) is 20.4. The zero-order valence-corrected chi connectivity index (χ0v) is 9.98. The van der Waals surface area contributed by atoms with Gasteiger partial charge in [-0.25, -0.2) is 4.79 Å². The van der Waals surface area contributed by atoms with Crippen LogP contribution in [0.25, 0.3) is 0 Å². The highest BCUT2D eigenvalue weighted by molar-refractivity contribution is 5.72. The largest absolute Gasteiger partial charge is 0.416 e. The average molecular weight is 274 g/mol. The molecule has 0 unspecified atom stereocenters. The smallest absolute Gasteiger partial charge is 0.370 e. The average Bonchev–Trinajstić information content (AvgIpc) is 2.38. The van der Waals surface area contributed by atoms with Gasteiger partial charge in [0.25, 0.3) is 0 Å². The molecule has 0 radical (unpaired) electrons. The highest BCUT2D eigenvalue weighted by Gasteiger charge is 2.31. The molecule has 1 aliphatic heterocycles. The van der Waals surface area contributed by atoms with Crippen LogP contribution in [0.15, 0.2) is 24.3 Å². The van der Waals surface area contributed by atoms with E-state index in [1.54, 1.807) is 0 Å². The third-order valence-electron chi connectivity index (χ3n) is 2.99. The molecule has 2 N–H and O–H groups in total. The van der Waals surface area contributed by atoms with Gasteiger partial charge in [-0.2, -0.15) is 13.2 Å². The van der Waals surface area contributed by atoms with Crippen molar-refractivity contribution in [2.75, 3.05) is 19.7 Å². The van der Waals surface area contributed by atoms with Crippen molar-refractivity contribution in [2.45, 2.75) is 12.3 Å². The Labute approximate surface area is 107 Å². The quantitative estimate of drug-likeness (QED) is 0.853. The van der Waals surface area contributed by atoms with Crippen molar-refractivity contribution < 1.29 is 22.7 Å². The van der Waals surface area contributed by atoms with E-state index in [0.717, 1.165) is 12.1 Å². The lowest BCUT2D eigenvalue weighted by atomic mass is 10.1. The van der Waals surface area contributed by atoms with Crippen molar-refractivity contribution in [3.63, 3.8) is 0 Å². The number of carbonyl (C=O) groups excluding carboxylic acids is 1. The minimum Gasteiger partial charge on any atom is -0.370 e. The summed E-state index contributed by atoms with van der Waals surface area (Å²) >= 11 is 0. The van der Waals surface area contributed by atoms with Gasteiger partial charge < -0.3 is 15.4 Å². The number of benzene rings is 1. The standard InChI is InChI=1S/C12H13F3N2O2/c13-12(14,15)9-3-1-8(2-4-9)10-7-17(11(16)18)5-6-19-10/h1-4,10H,5-7H2,(H2,16,18)/t10-/m0/s1. The predicted octanol–water partition coefficient (Wildman–Crippen LogP) is 2.16. The number of rotatable bonds is 1. The van der Waals surface area contributed by atoms with Crippen molar-refractivity contribution in [3.8, 4) is 0 Å². The van der Waals surface area contributed by atoms with E-state index >= 15 is 0 Å². The molecule has 1 saturated heterocycles. The van der Waals surface area contributed by atoms with E-state index in [-0.39, 0.29) is 6.54 Å². The highest BCUT2D eigenvalue weighted by atomic mass is 19.4. The number of nitrogens with zero attached hydrogens (tertiary/aromatic N) is 1. The number of halogens is 3. The Balaban J connectivity index is 2.12. The van der Waals surface area contributed by atoms with E-state index in [0.29, 0.717) is 18.7 Å². The predicted molar refractivity (Wildman–Crippen MR) is 61.3 cm³/mol. The van der Waals surface area contributed by atoms with E-state index in [9.17, 15) is 18.0 Å². The SMILES string of the molecule is NC(=O)N1CCO[C@H](c2ccc(C(F)(F)F)cc2)C1. The number of hydrogen-bond donors (Lipinski definition) is 1. The van der Waals surface area contributed by atoms with Crippen molar-refractivity contribution >= 4 is 6.03 Å². The van der Waals surface area contributed by atoms with Gasteiger partial charge in [-0.05, 0) is 17.7 Å². The highest BCUT2D eigenvalue weighted by Crippen LogP contribution is 2.31. The molecule has 4 nitrogen and oxygen atoms in total. The molecule has 7 heteroatoms. The number of primary amides is 1. The van der Waals surface area contributed by atoms with Crippen molar-refractivity contribution in [3.05, 3.63) is 35.4 Å². The van der Waals surface area contributed by atoms with Gasteiger partial charge in [0.1, 0.15) is 6.10 Å². The summed E-state index contributed by atoms with van der Waals surface area (Å²) in [6.45, 7) is 0.960. The van der Waals surface area contributed by atoms with Gasteiger partial charge >= 0.3 is 12.2 Å². The molecule has 0 saturated carbocycles. The third kappa shape index (κ3) is 3.17. The van der Waals surface area contributed by atoms with Gasteiger partial charge in [-0.15, -0.1) is 0 Å². The summed E-state index contributed by atoms with van der Waals surface area (Å²) in [5.74, 6) is 0. The lowest BCUT2D eigenvalue weighted by molar-refractivity contribution is -0.137. The molecule has 1 aromatic carbocycles. The van der Waals surface area contributed by atoms with Crippen molar-refractivity contribution in [2.24, 2.45) is 5.73 Å². The minimum atomic E-state index is -4.36. The molecular weight excluding hydrogens is 261 g/mol. The molecule has 2 amide bonds. The first kappa shape index (κ1) is 13.7. The maximum atomic E-state index is 12.4. The van der Waals surface area contributed by atoms with Gasteiger partial charge in [0.05, 0.1) is 18.7 Å². The van der Waals surface area contributed by atoms with Crippen LogP contribution in [0.2, 0.25) is 0 Å². The van der Waals surface area contributed by atoms with Gasteiger partial charge in [0, 0.05) is 6.54 Å². The van der Waals surface area contributed by atoms with Gasteiger partial charge in [0.2, 0.25) is 0 Å². The van der Waals surface area contributed by atoms with Crippen LogP contribution < -0.4 is 5.73 Å². The second kappa shape index (κ2) is 5.08. The molecule has 0 bridgehead atoms. The maximum absolute atomic E-state index is 12.4. The number of hydrogen-bond acceptors (Lipinski definition) is 2. The van der Waals surface area contributed by atoms with Gasteiger partial charge in [-0.1, -0.05) is 12.1 Å². The van der Waals surface area contributed by atoms with Crippen LogP contribution in [0.1, 0.15) is 17.2 Å². The number of urea groups is 1. The first-order chi connectivity index (χ1) is 8.88. The summed E-state index contributed by atoms with van der Waals surface area (Å²) < 4.78 is 42.7. The fourth-order valence-electron chi connectivity index (χ4n) is 1.94. The molecule has 2 rings (SSSR count). The first-order valence-corrected chi connectivity index (χ1v) is 5.71. The number of ether oxygens (including phenoxy) is 1. The lowest BCUT2D eigenvalue weighted by Crippen LogP contribution is -2.44. The van der Waals surface area contributed by atoms with Crippen LogP contribution in [-0.2, 0) is 10.9 Å². The zero-order valence-electron chi connectivity index (χ0n) is 9.98. The minimum absolute atomic E-state index is 0.251. The molecule has 1 fully saturated rings. The van der Waals surface area contributed by atoms with Crippen LogP contribution in [0.4, 0.5) is 18.0 Å². The van der Waals surface area contributed by atoms with Crippen LogP contribution in [-0.4, -0.2) is 30.6 Å². The second-order valence-electron chi connectivity index (χ2n) is 4.26. The van der Waals surface area contributed by atoms with Crippen LogP contribution in [0, 0.1) is 0 Å². The number of alkyl halides is 3. The summed E-state index contributed by atoms with van der Waals surface area (Å²) in [7, 11) is 0. The van der Waals surface area contributed by atoms with E-state index in [1.165, 1.54) is 17.0 Å². The van der Waals surface area contributed by atoms with E-state index in [2.05, 4.69) is 0 Å². The van der Waals surface area contributed by atoms with Crippen LogP contribution in [0.3, 0.4) is 0 Å². The summed E-state index contributed by atoms with van der Waals surface area (Å²) in [5.41, 5.74) is 5.06. The molecule has 1 aromatic rings. The van der Waals surface area contributed by atoms with E-state index in [4.69, 9.17) is 10.5 Å². The van der Waals surface area contributed by atoms with E-state index in [1.807, 2.05) is 0 Å². The first-order valence-electron chi connectivity index (χ1n) is 5.71. The number of amides is 2. The molecule has 0 aromatic heterocycles. The summed E-state index contributed by atoms with van der Waals surface area (Å²) in [5, 5.41) is 0. The Morgan fingerprint density at radius 1 is 1.32 bits per heavy atom. The molecule has 1 heterocycles. The molecule has 0 spiro atoms. The molecular formula is C12H13F3N2O2. The third-order valence-corrected chi connectivity index (χ3v) is 2.99. The zero-order chi connectivity index (χ0) is 14.0. The topological polar surface area (TPSA) is 55.6 Å². The van der Waals surface area contributed by atoms with Crippen molar-refractivity contribution in [1.82, 2.24) is 4.90 Å². The molecule has 1 aliphatic rings. The van der Waals surface area contributed by atoms with Crippen molar-refractivity contribution in [1.29, 1.82) is 0 Å². The lowest BCUT2D eigenvalue weighted by Gasteiger charge is -2.32. The van der Waals surface area contributed by atoms with E-state index < -0.39 is 23.9 Å². The van der Waals surface area contributed by atoms with Gasteiger partial charge in [0.15, 0.2) is 0 Å². The monoisotopic (exact) mass is 274 g/mol. The van der Waals surface area contributed by atoms with Gasteiger partial charge in [-0.3, -0.25) is 0 Å². The molecule has 1 atom stereocenters. The summed E-state index contributed by atoms with van der Waals surface area (Å²) in [6.07, 6.45) is -4.80.